The van der Waals surface area contributed by atoms with Crippen molar-refractivity contribution in [1.29, 1.82) is 0 Å². The molecule has 1 aromatic heterocycles. The molecule has 0 unspecified atom stereocenters. The standard InChI is InChI=1S/C9H13ClN4OS/c1-6(15)11-3-4-12-8-5-7(10)13-9(14-8)16-2/h5H,3-4H2,1-2H3,(H,11,15)(H,12,13,14). The predicted molar refractivity (Wildman–Crippen MR) is 66.0 cm³/mol. The molecule has 0 atom stereocenters. The fourth-order valence-corrected chi connectivity index (χ4v) is 1.62. The molecule has 0 bridgehead atoms. The largest absolute Gasteiger partial charge is 0.368 e. The molecule has 0 aliphatic rings. The third-order valence-electron chi connectivity index (χ3n) is 1.66. The molecule has 0 spiro atoms. The number of carbonyl (C=O) groups excluding carboxylic acids is 1. The van der Waals surface area contributed by atoms with E-state index in [1.807, 2.05) is 6.26 Å². The van der Waals surface area contributed by atoms with Crippen molar-refractivity contribution in [3.05, 3.63) is 11.2 Å². The molecule has 0 aliphatic heterocycles. The second-order valence-corrected chi connectivity index (χ2v) is 4.13. The van der Waals surface area contributed by atoms with Crippen molar-refractivity contribution in [2.75, 3.05) is 24.7 Å². The quantitative estimate of drug-likeness (QED) is 0.363. The van der Waals surface area contributed by atoms with Gasteiger partial charge in [0.15, 0.2) is 5.16 Å². The van der Waals surface area contributed by atoms with Crippen LogP contribution >= 0.6 is 23.4 Å². The van der Waals surface area contributed by atoms with Gasteiger partial charge in [0.2, 0.25) is 5.91 Å². The number of thioether (sulfide) groups is 1. The second kappa shape index (κ2) is 6.55. The molecule has 88 valence electrons. The van der Waals surface area contributed by atoms with E-state index in [2.05, 4.69) is 20.6 Å². The predicted octanol–water partition coefficient (Wildman–Crippen LogP) is 1.40. The maximum absolute atomic E-state index is 10.6. The van der Waals surface area contributed by atoms with Gasteiger partial charge in [0.1, 0.15) is 11.0 Å². The molecule has 0 aliphatic carbocycles. The number of halogens is 1. The highest BCUT2D eigenvalue weighted by Gasteiger charge is 2.01. The van der Waals surface area contributed by atoms with Gasteiger partial charge in [-0.1, -0.05) is 23.4 Å². The average molecular weight is 261 g/mol. The van der Waals surface area contributed by atoms with E-state index in [4.69, 9.17) is 11.6 Å². The first-order valence-electron chi connectivity index (χ1n) is 4.68. The zero-order valence-electron chi connectivity index (χ0n) is 9.08. The van der Waals surface area contributed by atoms with E-state index in [-0.39, 0.29) is 5.91 Å². The van der Waals surface area contributed by atoms with Crippen LogP contribution in [0.15, 0.2) is 11.2 Å². The lowest BCUT2D eigenvalue weighted by Gasteiger charge is -2.07. The highest BCUT2D eigenvalue weighted by atomic mass is 35.5. The van der Waals surface area contributed by atoms with E-state index in [9.17, 15) is 4.79 Å². The van der Waals surface area contributed by atoms with Crippen LogP contribution in [0.3, 0.4) is 0 Å². The van der Waals surface area contributed by atoms with Gasteiger partial charge < -0.3 is 10.6 Å². The Hall–Kier alpha value is -1.01. The fraction of sp³-hybridized carbons (Fsp3) is 0.444. The number of hydrogen-bond donors (Lipinski definition) is 2. The summed E-state index contributed by atoms with van der Waals surface area (Å²) in [4.78, 5) is 18.8. The summed E-state index contributed by atoms with van der Waals surface area (Å²) in [5, 5.41) is 6.75. The van der Waals surface area contributed by atoms with Crippen LogP contribution in [-0.2, 0) is 4.79 Å². The van der Waals surface area contributed by atoms with Gasteiger partial charge in [-0.15, -0.1) is 0 Å². The Morgan fingerprint density at radius 3 is 2.88 bits per heavy atom. The van der Waals surface area contributed by atoms with E-state index < -0.39 is 0 Å². The van der Waals surface area contributed by atoms with Gasteiger partial charge in [-0.3, -0.25) is 4.79 Å². The molecule has 1 heterocycles. The first-order chi connectivity index (χ1) is 7.61. The van der Waals surface area contributed by atoms with Crippen LogP contribution in [-0.4, -0.2) is 35.2 Å². The van der Waals surface area contributed by atoms with Gasteiger partial charge in [-0.25, -0.2) is 9.97 Å². The van der Waals surface area contributed by atoms with Crippen molar-refractivity contribution in [2.45, 2.75) is 12.1 Å². The Morgan fingerprint density at radius 2 is 2.25 bits per heavy atom. The minimum absolute atomic E-state index is 0.0488. The summed E-state index contributed by atoms with van der Waals surface area (Å²) in [6.45, 7) is 2.62. The topological polar surface area (TPSA) is 66.9 Å². The monoisotopic (exact) mass is 260 g/mol. The van der Waals surface area contributed by atoms with Crippen molar-refractivity contribution in [3.8, 4) is 0 Å². The van der Waals surface area contributed by atoms with Gasteiger partial charge in [0.05, 0.1) is 0 Å². The molecule has 1 amide bonds. The van der Waals surface area contributed by atoms with Crippen molar-refractivity contribution in [2.24, 2.45) is 0 Å². The van der Waals surface area contributed by atoms with Crippen LogP contribution in [0.1, 0.15) is 6.92 Å². The third kappa shape index (κ3) is 4.67. The molecular weight excluding hydrogens is 248 g/mol. The number of rotatable bonds is 5. The molecule has 5 nitrogen and oxygen atoms in total. The molecule has 1 rings (SSSR count). The van der Waals surface area contributed by atoms with Gasteiger partial charge in [0, 0.05) is 26.1 Å². The summed E-state index contributed by atoms with van der Waals surface area (Å²) >= 11 is 7.24. The lowest BCUT2D eigenvalue weighted by molar-refractivity contribution is -0.118. The third-order valence-corrected chi connectivity index (χ3v) is 2.40. The highest BCUT2D eigenvalue weighted by molar-refractivity contribution is 7.98. The Labute approximate surface area is 103 Å². The van der Waals surface area contributed by atoms with E-state index >= 15 is 0 Å². The number of aromatic nitrogens is 2. The molecule has 7 heteroatoms. The summed E-state index contributed by atoms with van der Waals surface area (Å²) in [6, 6.07) is 1.65. The molecule has 1 aromatic rings. The number of amides is 1. The molecule has 0 saturated heterocycles. The van der Waals surface area contributed by atoms with Crippen LogP contribution in [0.4, 0.5) is 5.82 Å². The van der Waals surface area contributed by atoms with Crippen molar-refractivity contribution >= 4 is 35.1 Å². The van der Waals surface area contributed by atoms with Gasteiger partial charge in [0.25, 0.3) is 0 Å². The first kappa shape index (κ1) is 13.1. The smallest absolute Gasteiger partial charge is 0.216 e. The minimum atomic E-state index is -0.0488. The summed E-state index contributed by atoms with van der Waals surface area (Å²) in [5.41, 5.74) is 0. The van der Waals surface area contributed by atoms with Crippen LogP contribution in [0.25, 0.3) is 0 Å². The number of nitrogens with zero attached hydrogens (tertiary/aromatic N) is 2. The SMILES string of the molecule is CSc1nc(Cl)cc(NCCNC(C)=O)n1. The van der Waals surface area contributed by atoms with E-state index in [0.717, 1.165) is 0 Å². The molecular formula is C9H13ClN4OS. The maximum atomic E-state index is 10.6. The zero-order chi connectivity index (χ0) is 12.0. The zero-order valence-corrected chi connectivity index (χ0v) is 10.7. The molecule has 0 aromatic carbocycles. The number of anilines is 1. The lowest BCUT2D eigenvalue weighted by Crippen LogP contribution is -2.26. The summed E-state index contributed by atoms with van der Waals surface area (Å²) in [7, 11) is 0. The lowest BCUT2D eigenvalue weighted by atomic mass is 10.5. The molecule has 0 fully saturated rings. The normalized spacial score (nSPS) is 9.94. The van der Waals surface area contributed by atoms with E-state index in [1.165, 1.54) is 18.7 Å². The number of carbonyl (C=O) groups is 1. The average Bonchev–Trinajstić information content (AvgIpc) is 2.23. The first-order valence-corrected chi connectivity index (χ1v) is 6.29. The summed E-state index contributed by atoms with van der Waals surface area (Å²) in [5.74, 6) is 0.613. The maximum Gasteiger partial charge on any atom is 0.216 e. The molecule has 16 heavy (non-hydrogen) atoms. The second-order valence-electron chi connectivity index (χ2n) is 2.97. The van der Waals surface area contributed by atoms with E-state index in [0.29, 0.717) is 29.2 Å². The molecule has 0 radical (unpaired) electrons. The van der Waals surface area contributed by atoms with E-state index in [1.54, 1.807) is 6.07 Å². The summed E-state index contributed by atoms with van der Waals surface area (Å²) < 4.78 is 0. The van der Waals surface area contributed by atoms with Gasteiger partial charge in [-0.05, 0) is 6.26 Å². The number of nitrogens with one attached hydrogen (secondary N) is 2. The van der Waals surface area contributed by atoms with Crippen LogP contribution < -0.4 is 10.6 Å². The van der Waals surface area contributed by atoms with Crippen molar-refractivity contribution in [1.82, 2.24) is 15.3 Å². The van der Waals surface area contributed by atoms with Crippen LogP contribution in [0.5, 0.6) is 0 Å². The van der Waals surface area contributed by atoms with Crippen LogP contribution in [0, 0.1) is 0 Å². The number of hydrogen-bond acceptors (Lipinski definition) is 5. The van der Waals surface area contributed by atoms with Crippen LogP contribution in [0.2, 0.25) is 5.15 Å². The van der Waals surface area contributed by atoms with Gasteiger partial charge in [-0.2, -0.15) is 0 Å². The van der Waals surface area contributed by atoms with Crippen molar-refractivity contribution < 1.29 is 4.79 Å². The molecule has 2 N–H and O–H groups in total. The van der Waals surface area contributed by atoms with Crippen molar-refractivity contribution in [3.63, 3.8) is 0 Å². The Morgan fingerprint density at radius 1 is 1.50 bits per heavy atom. The summed E-state index contributed by atoms with van der Waals surface area (Å²) in [6.07, 6.45) is 1.88. The Bertz CT molecular complexity index is 375. The molecule has 0 saturated carbocycles. The minimum Gasteiger partial charge on any atom is -0.368 e. The Kier molecular flexibility index (Phi) is 5.34. The Balaban J connectivity index is 2.47. The van der Waals surface area contributed by atoms with Gasteiger partial charge >= 0.3 is 0 Å². The highest BCUT2D eigenvalue weighted by Crippen LogP contribution is 2.16. The fourth-order valence-electron chi connectivity index (χ4n) is 1.01.